The molecule has 0 radical (unpaired) electrons. The minimum Gasteiger partial charge on any atom is -0.481 e. The summed E-state index contributed by atoms with van der Waals surface area (Å²) in [5, 5.41) is 9.61. The lowest BCUT2D eigenvalue weighted by Crippen LogP contribution is -2.21. The van der Waals surface area contributed by atoms with Gasteiger partial charge < -0.3 is 5.11 Å². The minimum atomic E-state index is -1.06. The van der Waals surface area contributed by atoms with Crippen LogP contribution in [0, 0.1) is 16.7 Å². The lowest BCUT2D eigenvalue weighted by molar-refractivity contribution is -0.143. The van der Waals surface area contributed by atoms with E-state index in [0.717, 1.165) is 11.1 Å². The minimum absolute atomic E-state index is 0.106. The summed E-state index contributed by atoms with van der Waals surface area (Å²) in [6, 6.07) is 0. The second kappa shape index (κ2) is 4.08. The second-order valence-electron chi connectivity index (χ2n) is 5.01. The predicted octanol–water partition coefficient (Wildman–Crippen LogP) is 4.00. The van der Waals surface area contributed by atoms with E-state index in [-0.39, 0.29) is 11.0 Å². The maximum atomic E-state index is 11.5. The van der Waals surface area contributed by atoms with Crippen LogP contribution in [0.5, 0.6) is 0 Å². The predicted molar refractivity (Wildman–Crippen MR) is 66.6 cm³/mol. The van der Waals surface area contributed by atoms with Gasteiger partial charge in [0.05, 0.1) is 0 Å². The first-order chi connectivity index (χ1) is 7.22. The Hall–Kier alpha value is -0.470. The van der Waals surface area contributed by atoms with Crippen molar-refractivity contribution >= 4 is 29.2 Å². The van der Waals surface area contributed by atoms with Gasteiger partial charge in [0, 0.05) is 16.5 Å². The SMILES string of the molecule is CC(C)=CC1C(C)(C)C1(C(=O)O)C(Cl)=CCl. The quantitative estimate of drug-likeness (QED) is 0.781. The monoisotopic (exact) mass is 262 g/mol. The molecule has 0 aromatic carbocycles. The molecule has 1 aliphatic rings. The Labute approximate surface area is 106 Å². The Morgan fingerprint density at radius 1 is 1.38 bits per heavy atom. The third-order valence-electron chi connectivity index (χ3n) is 3.49. The molecule has 16 heavy (non-hydrogen) atoms. The molecule has 90 valence electrons. The van der Waals surface area contributed by atoms with E-state index in [1.165, 1.54) is 0 Å². The smallest absolute Gasteiger partial charge is 0.316 e. The number of carboxylic acid groups (broad SMARTS) is 1. The number of halogens is 2. The Kier molecular flexibility index (Phi) is 3.47. The van der Waals surface area contributed by atoms with E-state index in [1.54, 1.807) is 0 Å². The van der Waals surface area contributed by atoms with Gasteiger partial charge in [-0.25, -0.2) is 0 Å². The summed E-state index contributed by atoms with van der Waals surface area (Å²) in [5.74, 6) is -1.02. The summed E-state index contributed by atoms with van der Waals surface area (Å²) in [6.07, 6.45) is 1.96. The largest absolute Gasteiger partial charge is 0.481 e. The normalized spacial score (nSPS) is 32.1. The van der Waals surface area contributed by atoms with Gasteiger partial charge in [-0.05, 0) is 19.3 Å². The van der Waals surface area contributed by atoms with Crippen molar-refractivity contribution < 1.29 is 9.90 Å². The van der Waals surface area contributed by atoms with Gasteiger partial charge in [0.25, 0.3) is 0 Å². The molecule has 4 heteroatoms. The van der Waals surface area contributed by atoms with Crippen LogP contribution >= 0.6 is 23.2 Å². The van der Waals surface area contributed by atoms with Gasteiger partial charge in [0.15, 0.2) is 0 Å². The van der Waals surface area contributed by atoms with E-state index in [0.29, 0.717) is 0 Å². The van der Waals surface area contributed by atoms with Crippen molar-refractivity contribution in [2.75, 3.05) is 0 Å². The fraction of sp³-hybridized carbons (Fsp3) is 0.583. The third kappa shape index (κ3) is 1.59. The van der Waals surface area contributed by atoms with Gasteiger partial charge in [0.2, 0.25) is 0 Å². The molecule has 0 heterocycles. The molecule has 0 aromatic rings. The Bertz CT molecular complexity index is 378. The number of aliphatic carboxylic acids is 1. The second-order valence-corrected chi connectivity index (χ2v) is 5.64. The van der Waals surface area contributed by atoms with E-state index >= 15 is 0 Å². The molecule has 0 aromatic heterocycles. The standard InChI is InChI=1S/C12H16Cl2O2/c1-7(2)5-8-11(3,4)12(8,10(15)16)9(14)6-13/h5-6,8H,1-4H3,(H,15,16). The van der Waals surface area contributed by atoms with E-state index in [2.05, 4.69) is 0 Å². The van der Waals surface area contributed by atoms with Crippen LogP contribution < -0.4 is 0 Å². The van der Waals surface area contributed by atoms with E-state index < -0.39 is 16.8 Å². The molecule has 1 N–H and O–H groups in total. The number of allylic oxidation sites excluding steroid dienone is 2. The van der Waals surface area contributed by atoms with Crippen molar-refractivity contribution in [3.05, 3.63) is 22.2 Å². The molecular formula is C12H16Cl2O2. The van der Waals surface area contributed by atoms with E-state index in [9.17, 15) is 9.90 Å². The summed E-state index contributed by atoms with van der Waals surface area (Å²) in [7, 11) is 0. The van der Waals surface area contributed by atoms with Crippen LogP contribution in [0.4, 0.5) is 0 Å². The molecule has 0 spiro atoms. The molecule has 1 rings (SSSR count). The van der Waals surface area contributed by atoms with Gasteiger partial charge in [-0.2, -0.15) is 0 Å². The average Bonchev–Trinajstić information content (AvgIpc) is 2.62. The molecule has 1 fully saturated rings. The summed E-state index contributed by atoms with van der Waals surface area (Å²) in [5.41, 5.74) is 0.780. The topological polar surface area (TPSA) is 37.3 Å². The fourth-order valence-corrected chi connectivity index (χ4v) is 3.14. The van der Waals surface area contributed by atoms with Crippen LogP contribution in [0.3, 0.4) is 0 Å². The molecule has 1 aliphatic carbocycles. The summed E-state index contributed by atoms with van der Waals surface area (Å²) >= 11 is 11.6. The van der Waals surface area contributed by atoms with E-state index in [1.807, 2.05) is 33.8 Å². The zero-order chi connectivity index (χ0) is 12.7. The summed E-state index contributed by atoms with van der Waals surface area (Å²) in [6.45, 7) is 7.68. The first-order valence-electron chi connectivity index (χ1n) is 5.07. The lowest BCUT2D eigenvalue weighted by atomic mass is 9.96. The highest BCUT2D eigenvalue weighted by Crippen LogP contribution is 2.74. The molecule has 2 nitrogen and oxygen atoms in total. The van der Waals surface area contributed by atoms with Crippen LogP contribution in [0.25, 0.3) is 0 Å². The maximum Gasteiger partial charge on any atom is 0.316 e. The first-order valence-corrected chi connectivity index (χ1v) is 5.89. The zero-order valence-corrected chi connectivity index (χ0v) is 11.4. The maximum absolute atomic E-state index is 11.5. The molecular weight excluding hydrogens is 247 g/mol. The van der Waals surface area contributed by atoms with Crippen LogP contribution in [0.15, 0.2) is 22.2 Å². The van der Waals surface area contributed by atoms with Crippen molar-refractivity contribution in [3.63, 3.8) is 0 Å². The van der Waals surface area contributed by atoms with Crippen LogP contribution in [-0.4, -0.2) is 11.1 Å². The van der Waals surface area contributed by atoms with Gasteiger partial charge in [-0.15, -0.1) is 0 Å². The number of hydrogen-bond acceptors (Lipinski definition) is 1. The Balaban J connectivity index is 3.27. The highest BCUT2D eigenvalue weighted by Gasteiger charge is 2.76. The number of hydrogen-bond donors (Lipinski definition) is 1. The van der Waals surface area contributed by atoms with Crippen molar-refractivity contribution in [3.8, 4) is 0 Å². The van der Waals surface area contributed by atoms with Crippen LogP contribution in [0.1, 0.15) is 27.7 Å². The molecule has 0 bridgehead atoms. The van der Waals surface area contributed by atoms with Crippen molar-refractivity contribution in [1.82, 2.24) is 0 Å². The number of carbonyl (C=O) groups is 1. The van der Waals surface area contributed by atoms with Gasteiger partial charge in [0.1, 0.15) is 5.41 Å². The Morgan fingerprint density at radius 2 is 1.88 bits per heavy atom. The average molecular weight is 263 g/mol. The van der Waals surface area contributed by atoms with Gasteiger partial charge in [-0.3, -0.25) is 4.79 Å². The highest BCUT2D eigenvalue weighted by molar-refractivity contribution is 6.38. The van der Waals surface area contributed by atoms with E-state index in [4.69, 9.17) is 23.2 Å². The fourth-order valence-electron chi connectivity index (χ4n) is 2.52. The lowest BCUT2D eigenvalue weighted by Gasteiger charge is -2.13. The van der Waals surface area contributed by atoms with Gasteiger partial charge in [-0.1, -0.05) is 48.7 Å². The first kappa shape index (κ1) is 13.6. The number of rotatable bonds is 3. The summed E-state index contributed by atoms with van der Waals surface area (Å²) in [4.78, 5) is 11.5. The summed E-state index contributed by atoms with van der Waals surface area (Å²) < 4.78 is 0. The molecule has 2 atom stereocenters. The van der Waals surface area contributed by atoms with Crippen LogP contribution in [0.2, 0.25) is 0 Å². The molecule has 2 unspecified atom stereocenters. The third-order valence-corrected chi connectivity index (χ3v) is 4.22. The van der Waals surface area contributed by atoms with Crippen molar-refractivity contribution in [1.29, 1.82) is 0 Å². The van der Waals surface area contributed by atoms with Gasteiger partial charge >= 0.3 is 5.97 Å². The van der Waals surface area contributed by atoms with Crippen LogP contribution in [-0.2, 0) is 4.79 Å². The molecule has 0 saturated heterocycles. The van der Waals surface area contributed by atoms with Crippen molar-refractivity contribution in [2.45, 2.75) is 27.7 Å². The highest BCUT2D eigenvalue weighted by atomic mass is 35.5. The molecule has 0 amide bonds. The molecule has 1 saturated carbocycles. The zero-order valence-electron chi connectivity index (χ0n) is 9.84. The Morgan fingerprint density at radius 3 is 2.19 bits per heavy atom. The van der Waals surface area contributed by atoms with Crippen molar-refractivity contribution in [2.24, 2.45) is 16.7 Å². The molecule has 0 aliphatic heterocycles. The number of carboxylic acids is 1.